The van der Waals surface area contributed by atoms with Gasteiger partial charge in [0.15, 0.2) is 5.96 Å². The molecule has 0 atom stereocenters. The van der Waals surface area contributed by atoms with E-state index in [4.69, 9.17) is 15.2 Å². The molecular weight excluding hydrogens is 405 g/mol. The molecule has 0 heterocycles. The van der Waals surface area contributed by atoms with Gasteiger partial charge >= 0.3 is 0 Å². The second kappa shape index (κ2) is 9.94. The SMILES string of the molecule is CCOc1cccc(CN=C(N)Nc2cccc(OC)c2)c1.I. The topological polar surface area (TPSA) is 68.9 Å². The lowest BCUT2D eigenvalue weighted by Crippen LogP contribution is -2.22. The Balaban J connectivity index is 0.00000264. The zero-order valence-electron chi connectivity index (χ0n) is 13.3. The molecule has 0 amide bonds. The average Bonchev–Trinajstić information content (AvgIpc) is 2.54. The van der Waals surface area contributed by atoms with Crippen LogP contribution in [-0.4, -0.2) is 19.7 Å². The fraction of sp³-hybridized carbons (Fsp3) is 0.235. The molecule has 0 spiro atoms. The summed E-state index contributed by atoms with van der Waals surface area (Å²) >= 11 is 0. The van der Waals surface area contributed by atoms with E-state index in [9.17, 15) is 0 Å². The number of rotatable bonds is 6. The van der Waals surface area contributed by atoms with Crippen molar-refractivity contribution in [3.63, 3.8) is 0 Å². The van der Waals surface area contributed by atoms with Crippen LogP contribution < -0.4 is 20.5 Å². The van der Waals surface area contributed by atoms with Gasteiger partial charge in [0.2, 0.25) is 0 Å². The maximum absolute atomic E-state index is 5.91. The van der Waals surface area contributed by atoms with Gasteiger partial charge in [-0.2, -0.15) is 0 Å². The summed E-state index contributed by atoms with van der Waals surface area (Å²) in [5.41, 5.74) is 7.79. The van der Waals surface area contributed by atoms with Gasteiger partial charge < -0.3 is 20.5 Å². The van der Waals surface area contributed by atoms with E-state index in [1.165, 1.54) is 0 Å². The number of aliphatic imine (C=N–C) groups is 1. The molecule has 0 saturated carbocycles. The van der Waals surface area contributed by atoms with Crippen molar-refractivity contribution in [3.05, 3.63) is 54.1 Å². The van der Waals surface area contributed by atoms with Crippen molar-refractivity contribution in [2.24, 2.45) is 10.7 Å². The molecule has 6 heteroatoms. The summed E-state index contributed by atoms with van der Waals surface area (Å²) in [6, 6.07) is 15.4. The summed E-state index contributed by atoms with van der Waals surface area (Å²) in [6.07, 6.45) is 0. The largest absolute Gasteiger partial charge is 0.497 e. The molecule has 23 heavy (non-hydrogen) atoms. The Kier molecular flexibility index (Phi) is 8.25. The van der Waals surface area contributed by atoms with E-state index >= 15 is 0 Å². The highest BCUT2D eigenvalue weighted by atomic mass is 127. The molecule has 0 aliphatic carbocycles. The van der Waals surface area contributed by atoms with E-state index < -0.39 is 0 Å². The van der Waals surface area contributed by atoms with Gasteiger partial charge in [0.25, 0.3) is 0 Å². The van der Waals surface area contributed by atoms with Gasteiger partial charge in [0, 0.05) is 11.8 Å². The maximum Gasteiger partial charge on any atom is 0.193 e. The van der Waals surface area contributed by atoms with Crippen LogP contribution in [0.4, 0.5) is 5.69 Å². The van der Waals surface area contributed by atoms with Crippen LogP contribution in [0.2, 0.25) is 0 Å². The molecule has 0 fully saturated rings. The Morgan fingerprint density at radius 3 is 2.61 bits per heavy atom. The molecule has 0 aliphatic rings. The predicted octanol–water partition coefficient (Wildman–Crippen LogP) is 3.64. The highest BCUT2D eigenvalue weighted by molar-refractivity contribution is 14.0. The first-order valence-corrected chi connectivity index (χ1v) is 7.14. The zero-order chi connectivity index (χ0) is 15.8. The van der Waals surface area contributed by atoms with Crippen LogP contribution in [0, 0.1) is 0 Å². The third-order valence-corrected chi connectivity index (χ3v) is 2.98. The van der Waals surface area contributed by atoms with E-state index in [1.807, 2.05) is 55.5 Å². The number of nitrogens with zero attached hydrogens (tertiary/aromatic N) is 1. The molecular formula is C17H22IN3O2. The van der Waals surface area contributed by atoms with Crippen molar-refractivity contribution >= 4 is 35.6 Å². The summed E-state index contributed by atoms with van der Waals surface area (Å²) in [7, 11) is 1.63. The van der Waals surface area contributed by atoms with Crippen molar-refractivity contribution in [3.8, 4) is 11.5 Å². The van der Waals surface area contributed by atoms with Gasteiger partial charge in [-0.25, -0.2) is 4.99 Å². The standard InChI is InChI=1S/C17H21N3O2.HI/c1-3-22-16-9-4-6-13(10-16)12-19-17(18)20-14-7-5-8-15(11-14)21-2;/h4-11H,3,12H2,1-2H3,(H3,18,19,20);1H. The second-order valence-electron chi connectivity index (χ2n) is 4.64. The summed E-state index contributed by atoms with van der Waals surface area (Å²) < 4.78 is 10.6. The monoisotopic (exact) mass is 427 g/mol. The number of nitrogens with one attached hydrogen (secondary N) is 1. The molecule has 0 aromatic heterocycles. The maximum atomic E-state index is 5.91. The van der Waals surface area contributed by atoms with Crippen LogP contribution in [0.5, 0.6) is 11.5 Å². The predicted molar refractivity (Wildman–Crippen MR) is 105 cm³/mol. The molecule has 0 unspecified atom stereocenters. The van der Waals surface area contributed by atoms with Crippen LogP contribution in [0.1, 0.15) is 12.5 Å². The van der Waals surface area contributed by atoms with Gasteiger partial charge in [-0.05, 0) is 36.8 Å². The number of anilines is 1. The van der Waals surface area contributed by atoms with Crippen molar-refractivity contribution < 1.29 is 9.47 Å². The lowest BCUT2D eigenvalue weighted by atomic mass is 10.2. The first-order valence-electron chi connectivity index (χ1n) is 7.14. The molecule has 0 radical (unpaired) electrons. The molecule has 2 aromatic carbocycles. The molecule has 2 aromatic rings. The minimum absolute atomic E-state index is 0. The smallest absolute Gasteiger partial charge is 0.193 e. The third-order valence-electron chi connectivity index (χ3n) is 2.98. The van der Waals surface area contributed by atoms with Crippen LogP contribution in [0.25, 0.3) is 0 Å². The average molecular weight is 427 g/mol. The minimum Gasteiger partial charge on any atom is -0.497 e. The number of benzene rings is 2. The number of halogens is 1. The van der Waals surface area contributed by atoms with Crippen LogP contribution in [-0.2, 0) is 6.54 Å². The Bertz CT molecular complexity index is 647. The number of hydrogen-bond donors (Lipinski definition) is 2. The Hall–Kier alpha value is -1.96. The van der Waals surface area contributed by atoms with E-state index in [0.717, 1.165) is 22.7 Å². The lowest BCUT2D eigenvalue weighted by Gasteiger charge is -2.08. The van der Waals surface area contributed by atoms with Crippen LogP contribution in [0.15, 0.2) is 53.5 Å². The normalized spacial score (nSPS) is 10.6. The number of ether oxygens (including phenoxy) is 2. The van der Waals surface area contributed by atoms with Crippen molar-refractivity contribution in [2.75, 3.05) is 19.0 Å². The minimum atomic E-state index is 0. The number of guanidine groups is 1. The molecule has 0 saturated heterocycles. The van der Waals surface area contributed by atoms with E-state index in [-0.39, 0.29) is 24.0 Å². The van der Waals surface area contributed by atoms with Gasteiger partial charge in [-0.3, -0.25) is 0 Å². The number of methoxy groups -OCH3 is 1. The summed E-state index contributed by atoms with van der Waals surface area (Å²) in [5.74, 6) is 1.96. The summed E-state index contributed by atoms with van der Waals surface area (Å²) in [5, 5.41) is 3.04. The number of hydrogen-bond acceptors (Lipinski definition) is 3. The van der Waals surface area contributed by atoms with Crippen molar-refractivity contribution in [1.82, 2.24) is 0 Å². The van der Waals surface area contributed by atoms with Gasteiger partial charge in [-0.15, -0.1) is 24.0 Å². The second-order valence-corrected chi connectivity index (χ2v) is 4.64. The summed E-state index contributed by atoms with van der Waals surface area (Å²) in [6.45, 7) is 3.09. The Morgan fingerprint density at radius 2 is 1.87 bits per heavy atom. The molecule has 0 aliphatic heterocycles. The first-order chi connectivity index (χ1) is 10.7. The van der Waals surface area contributed by atoms with E-state index in [1.54, 1.807) is 7.11 Å². The van der Waals surface area contributed by atoms with Gasteiger partial charge in [-0.1, -0.05) is 18.2 Å². The van der Waals surface area contributed by atoms with E-state index in [0.29, 0.717) is 19.1 Å². The van der Waals surface area contributed by atoms with Crippen molar-refractivity contribution in [1.29, 1.82) is 0 Å². The first kappa shape index (κ1) is 19.1. The number of nitrogens with two attached hydrogens (primary N) is 1. The quantitative estimate of drug-likeness (QED) is 0.420. The highest BCUT2D eigenvalue weighted by Gasteiger charge is 1.99. The van der Waals surface area contributed by atoms with Gasteiger partial charge in [0.1, 0.15) is 11.5 Å². The van der Waals surface area contributed by atoms with E-state index in [2.05, 4.69) is 10.3 Å². The molecule has 124 valence electrons. The van der Waals surface area contributed by atoms with Crippen molar-refractivity contribution in [2.45, 2.75) is 13.5 Å². The molecule has 0 bridgehead atoms. The zero-order valence-corrected chi connectivity index (χ0v) is 15.6. The molecule has 2 rings (SSSR count). The third kappa shape index (κ3) is 6.35. The van der Waals surface area contributed by atoms with Gasteiger partial charge in [0.05, 0.1) is 20.3 Å². The fourth-order valence-electron chi connectivity index (χ4n) is 1.96. The molecule has 5 nitrogen and oxygen atoms in total. The Labute approximate surface area is 153 Å². The summed E-state index contributed by atoms with van der Waals surface area (Å²) in [4.78, 5) is 4.33. The fourth-order valence-corrected chi connectivity index (χ4v) is 1.96. The Morgan fingerprint density at radius 1 is 1.13 bits per heavy atom. The molecule has 3 N–H and O–H groups in total. The highest BCUT2D eigenvalue weighted by Crippen LogP contribution is 2.17. The van der Waals surface area contributed by atoms with Crippen LogP contribution in [0.3, 0.4) is 0 Å². The lowest BCUT2D eigenvalue weighted by molar-refractivity contribution is 0.340. The van der Waals surface area contributed by atoms with Crippen LogP contribution >= 0.6 is 24.0 Å².